The van der Waals surface area contributed by atoms with E-state index in [1.807, 2.05) is 30.3 Å². The Hall–Kier alpha value is -1.37. The summed E-state index contributed by atoms with van der Waals surface area (Å²) in [5.41, 5.74) is 0.857. The predicted octanol–water partition coefficient (Wildman–Crippen LogP) is 2.82. The Bertz CT molecular complexity index is 444. The van der Waals surface area contributed by atoms with Gasteiger partial charge in [-0.05, 0) is 37.2 Å². The first-order valence-corrected chi connectivity index (χ1v) is 7.49. The van der Waals surface area contributed by atoms with Gasteiger partial charge in [0.1, 0.15) is 0 Å². The predicted molar refractivity (Wildman–Crippen MR) is 80.2 cm³/mol. The van der Waals surface area contributed by atoms with Crippen molar-refractivity contribution in [1.82, 2.24) is 5.32 Å². The number of nitrogens with zero attached hydrogens (tertiary/aromatic N) is 1. The van der Waals surface area contributed by atoms with Crippen LogP contribution < -0.4 is 5.32 Å². The molecule has 1 aromatic carbocycles. The zero-order valence-corrected chi connectivity index (χ0v) is 12.2. The van der Waals surface area contributed by atoms with Gasteiger partial charge < -0.3 is 10.4 Å². The zero-order valence-electron chi connectivity index (χ0n) is 12.2. The fourth-order valence-corrected chi connectivity index (χ4v) is 2.95. The van der Waals surface area contributed by atoms with Crippen LogP contribution in [0.25, 0.3) is 0 Å². The third-order valence-electron chi connectivity index (χ3n) is 4.57. The zero-order chi connectivity index (χ0) is 14.4. The second kappa shape index (κ2) is 6.88. The van der Waals surface area contributed by atoms with E-state index >= 15 is 0 Å². The SMILES string of the molecule is CC1CCC(CO)(NCC(C#N)c2ccccc2)CC1. The van der Waals surface area contributed by atoms with E-state index in [1.165, 1.54) is 0 Å². The maximum atomic E-state index is 9.74. The molecule has 0 aliphatic heterocycles. The standard InChI is InChI=1S/C17H24N2O/c1-14-7-9-17(13-20,10-8-14)19-12-16(11-18)15-5-3-2-4-6-15/h2-6,14,16,19-20H,7-10,12-13H2,1H3. The lowest BCUT2D eigenvalue weighted by Gasteiger charge is -2.39. The number of aliphatic hydroxyl groups excluding tert-OH is 1. The molecule has 0 bridgehead atoms. The van der Waals surface area contributed by atoms with Gasteiger partial charge in [-0.15, -0.1) is 0 Å². The molecule has 0 aromatic heterocycles. The largest absolute Gasteiger partial charge is 0.394 e. The first-order valence-electron chi connectivity index (χ1n) is 7.49. The first-order chi connectivity index (χ1) is 9.69. The van der Waals surface area contributed by atoms with Crippen LogP contribution in [0, 0.1) is 17.2 Å². The van der Waals surface area contributed by atoms with E-state index in [4.69, 9.17) is 0 Å². The van der Waals surface area contributed by atoms with Crippen LogP contribution in [0.3, 0.4) is 0 Å². The molecule has 1 aromatic rings. The number of aliphatic hydroxyl groups is 1. The van der Waals surface area contributed by atoms with Crippen LogP contribution in [-0.2, 0) is 0 Å². The maximum absolute atomic E-state index is 9.74. The minimum absolute atomic E-state index is 0.154. The molecule has 1 atom stereocenters. The van der Waals surface area contributed by atoms with Crippen LogP contribution in [0.5, 0.6) is 0 Å². The second-order valence-corrected chi connectivity index (χ2v) is 6.09. The highest BCUT2D eigenvalue weighted by molar-refractivity contribution is 5.25. The molecule has 1 fully saturated rings. The van der Waals surface area contributed by atoms with Gasteiger partial charge in [0.2, 0.25) is 0 Å². The normalized spacial score (nSPS) is 27.8. The van der Waals surface area contributed by atoms with E-state index in [9.17, 15) is 10.4 Å². The van der Waals surface area contributed by atoms with Crippen molar-refractivity contribution < 1.29 is 5.11 Å². The van der Waals surface area contributed by atoms with Crippen molar-refractivity contribution in [3.8, 4) is 6.07 Å². The van der Waals surface area contributed by atoms with Crippen molar-refractivity contribution >= 4 is 0 Å². The van der Waals surface area contributed by atoms with Gasteiger partial charge in [-0.2, -0.15) is 5.26 Å². The minimum atomic E-state index is -0.184. The molecule has 0 heterocycles. The summed E-state index contributed by atoms with van der Waals surface area (Å²) >= 11 is 0. The average molecular weight is 272 g/mol. The molecule has 0 radical (unpaired) electrons. The summed E-state index contributed by atoms with van der Waals surface area (Å²) in [7, 11) is 0. The Morgan fingerprint density at radius 1 is 1.35 bits per heavy atom. The summed E-state index contributed by atoms with van der Waals surface area (Å²) in [6, 6.07) is 12.2. The highest BCUT2D eigenvalue weighted by atomic mass is 16.3. The van der Waals surface area contributed by atoms with E-state index in [-0.39, 0.29) is 18.1 Å². The molecule has 20 heavy (non-hydrogen) atoms. The van der Waals surface area contributed by atoms with Gasteiger partial charge in [0.15, 0.2) is 0 Å². The van der Waals surface area contributed by atoms with Crippen molar-refractivity contribution in [1.29, 1.82) is 5.26 Å². The Kier molecular flexibility index (Phi) is 5.17. The Labute approximate surface area is 121 Å². The molecule has 1 aliphatic rings. The fourth-order valence-electron chi connectivity index (χ4n) is 2.95. The highest BCUT2D eigenvalue weighted by Gasteiger charge is 2.33. The van der Waals surface area contributed by atoms with Crippen molar-refractivity contribution in [2.75, 3.05) is 13.2 Å². The molecule has 0 amide bonds. The summed E-state index contributed by atoms with van der Waals surface area (Å²) in [4.78, 5) is 0. The third-order valence-corrected chi connectivity index (χ3v) is 4.57. The number of benzene rings is 1. The Morgan fingerprint density at radius 2 is 2.00 bits per heavy atom. The van der Waals surface area contributed by atoms with Crippen molar-refractivity contribution in [2.45, 2.75) is 44.1 Å². The molecular formula is C17H24N2O. The molecule has 3 nitrogen and oxygen atoms in total. The van der Waals surface area contributed by atoms with E-state index < -0.39 is 0 Å². The number of nitriles is 1. The Morgan fingerprint density at radius 3 is 2.55 bits per heavy atom. The van der Waals surface area contributed by atoms with E-state index in [0.717, 1.165) is 37.2 Å². The van der Waals surface area contributed by atoms with Crippen LogP contribution in [0.4, 0.5) is 0 Å². The maximum Gasteiger partial charge on any atom is 0.0837 e. The molecule has 108 valence electrons. The quantitative estimate of drug-likeness (QED) is 0.866. The van der Waals surface area contributed by atoms with Gasteiger partial charge in [0, 0.05) is 12.1 Å². The fraction of sp³-hybridized carbons (Fsp3) is 0.588. The molecule has 2 rings (SSSR count). The van der Waals surface area contributed by atoms with Crippen LogP contribution in [-0.4, -0.2) is 23.8 Å². The molecule has 2 N–H and O–H groups in total. The first kappa shape index (κ1) is 15.0. The highest BCUT2D eigenvalue weighted by Crippen LogP contribution is 2.32. The van der Waals surface area contributed by atoms with Gasteiger partial charge in [-0.1, -0.05) is 37.3 Å². The molecule has 3 heteroatoms. The summed E-state index contributed by atoms with van der Waals surface area (Å²) in [5.74, 6) is 0.594. The summed E-state index contributed by atoms with van der Waals surface area (Å²) in [6.07, 6.45) is 4.29. The monoisotopic (exact) mass is 272 g/mol. The van der Waals surface area contributed by atoms with E-state index in [1.54, 1.807) is 0 Å². The smallest absolute Gasteiger partial charge is 0.0837 e. The molecule has 0 saturated heterocycles. The number of nitrogens with one attached hydrogen (secondary N) is 1. The number of hydrogen-bond acceptors (Lipinski definition) is 3. The summed E-state index contributed by atoms with van der Waals surface area (Å²) < 4.78 is 0. The van der Waals surface area contributed by atoms with Crippen molar-refractivity contribution in [3.05, 3.63) is 35.9 Å². The molecule has 1 aliphatic carbocycles. The van der Waals surface area contributed by atoms with Gasteiger partial charge in [0.05, 0.1) is 18.6 Å². The minimum Gasteiger partial charge on any atom is -0.394 e. The van der Waals surface area contributed by atoms with E-state index in [2.05, 4.69) is 18.3 Å². The third kappa shape index (κ3) is 3.59. The lowest BCUT2D eigenvalue weighted by Crippen LogP contribution is -2.51. The number of hydrogen-bond donors (Lipinski definition) is 2. The van der Waals surface area contributed by atoms with Gasteiger partial charge in [-0.25, -0.2) is 0 Å². The van der Waals surface area contributed by atoms with Crippen LogP contribution in [0.1, 0.15) is 44.1 Å². The van der Waals surface area contributed by atoms with Crippen molar-refractivity contribution in [3.63, 3.8) is 0 Å². The van der Waals surface area contributed by atoms with Crippen LogP contribution in [0.15, 0.2) is 30.3 Å². The van der Waals surface area contributed by atoms with Crippen LogP contribution >= 0.6 is 0 Å². The van der Waals surface area contributed by atoms with Gasteiger partial charge in [-0.3, -0.25) is 0 Å². The Balaban J connectivity index is 1.97. The average Bonchev–Trinajstić information content (AvgIpc) is 2.51. The van der Waals surface area contributed by atoms with Crippen LogP contribution in [0.2, 0.25) is 0 Å². The molecular weight excluding hydrogens is 248 g/mol. The lowest BCUT2D eigenvalue weighted by atomic mass is 9.77. The molecule has 0 spiro atoms. The van der Waals surface area contributed by atoms with Crippen molar-refractivity contribution in [2.24, 2.45) is 5.92 Å². The topological polar surface area (TPSA) is 56.0 Å². The molecule has 1 saturated carbocycles. The van der Waals surface area contributed by atoms with E-state index in [0.29, 0.717) is 6.54 Å². The number of rotatable bonds is 5. The summed E-state index contributed by atoms with van der Waals surface area (Å²) in [6.45, 7) is 3.03. The second-order valence-electron chi connectivity index (χ2n) is 6.09. The summed E-state index contributed by atoms with van der Waals surface area (Å²) in [5, 5.41) is 22.6. The lowest BCUT2D eigenvalue weighted by molar-refractivity contribution is 0.105. The van der Waals surface area contributed by atoms with Gasteiger partial charge in [0.25, 0.3) is 0 Å². The van der Waals surface area contributed by atoms with Gasteiger partial charge >= 0.3 is 0 Å². The molecule has 1 unspecified atom stereocenters.